The van der Waals surface area contributed by atoms with Gasteiger partial charge in [-0.1, -0.05) is 25.1 Å². The third-order valence-electron chi connectivity index (χ3n) is 5.57. The van der Waals surface area contributed by atoms with Crippen LogP contribution in [0.25, 0.3) is 10.7 Å². The predicted molar refractivity (Wildman–Crippen MR) is 111 cm³/mol. The zero-order valence-corrected chi connectivity index (χ0v) is 18.0. The lowest BCUT2D eigenvalue weighted by atomic mass is 9.87. The number of hydrogen-bond donors (Lipinski definition) is 1. The first-order valence-corrected chi connectivity index (χ1v) is 11.4. The summed E-state index contributed by atoms with van der Waals surface area (Å²) in [4.78, 5) is 28.1. The number of imide groups is 1. The van der Waals surface area contributed by atoms with E-state index in [1.54, 1.807) is 0 Å². The van der Waals surface area contributed by atoms with Crippen LogP contribution in [-0.4, -0.2) is 49.9 Å². The Balaban J connectivity index is 1.50. The maximum absolute atomic E-state index is 12.5. The van der Waals surface area contributed by atoms with Crippen LogP contribution < -0.4 is 5.32 Å². The number of thioether (sulfide) groups is 1. The van der Waals surface area contributed by atoms with E-state index in [-0.39, 0.29) is 11.9 Å². The highest BCUT2D eigenvalue weighted by molar-refractivity contribution is 8.00. The number of amides is 3. The Labute approximate surface area is 172 Å². The highest BCUT2D eigenvalue weighted by Crippen LogP contribution is 2.38. The minimum Gasteiger partial charge on any atom is -0.336 e. The molecule has 1 saturated heterocycles. The molecular formula is C19H25N5O2S2. The molecule has 4 rings (SSSR count). The van der Waals surface area contributed by atoms with Gasteiger partial charge in [-0.15, -0.1) is 21.5 Å². The number of rotatable bonds is 5. The van der Waals surface area contributed by atoms with Crippen molar-refractivity contribution in [2.45, 2.75) is 49.9 Å². The number of nitrogens with zero attached hydrogens (tertiary/aromatic N) is 4. The van der Waals surface area contributed by atoms with Gasteiger partial charge in [-0.25, -0.2) is 4.79 Å². The molecule has 0 radical (unpaired) electrons. The first kappa shape index (κ1) is 19.4. The second-order valence-electron chi connectivity index (χ2n) is 7.42. The van der Waals surface area contributed by atoms with Gasteiger partial charge in [-0.2, -0.15) is 0 Å². The SMILES string of the molecule is CC[C@H]1CCc2sc(-c3nnc(S[C@@H](C)C(=O)N4CCNC4=O)n3C)cc2C1. The second kappa shape index (κ2) is 7.87. The number of carbonyl (C=O) groups is 2. The molecule has 0 spiro atoms. The Morgan fingerprint density at radius 3 is 3.00 bits per heavy atom. The van der Waals surface area contributed by atoms with E-state index in [1.165, 1.54) is 39.9 Å². The molecule has 0 bridgehead atoms. The third kappa shape index (κ3) is 3.57. The van der Waals surface area contributed by atoms with Gasteiger partial charge in [-0.3, -0.25) is 9.69 Å². The van der Waals surface area contributed by atoms with Crippen LogP contribution in [0.5, 0.6) is 0 Å². The van der Waals surface area contributed by atoms with Crippen molar-refractivity contribution in [3.63, 3.8) is 0 Å². The van der Waals surface area contributed by atoms with Gasteiger partial charge in [0.1, 0.15) is 0 Å². The van der Waals surface area contributed by atoms with E-state index >= 15 is 0 Å². The van der Waals surface area contributed by atoms with E-state index in [9.17, 15) is 9.59 Å². The Kier molecular flexibility index (Phi) is 5.46. The summed E-state index contributed by atoms with van der Waals surface area (Å²) >= 11 is 3.16. The lowest BCUT2D eigenvalue weighted by molar-refractivity contribution is -0.126. The zero-order chi connectivity index (χ0) is 19.8. The number of fused-ring (bicyclic) bond motifs is 1. The number of hydrogen-bond acceptors (Lipinski definition) is 6. The molecular weight excluding hydrogens is 394 g/mol. The molecule has 7 nitrogen and oxygen atoms in total. The largest absolute Gasteiger partial charge is 0.336 e. The summed E-state index contributed by atoms with van der Waals surface area (Å²) in [5.74, 6) is 1.44. The summed E-state index contributed by atoms with van der Waals surface area (Å²) < 4.78 is 1.95. The van der Waals surface area contributed by atoms with Gasteiger partial charge in [0.2, 0.25) is 5.91 Å². The fourth-order valence-corrected chi connectivity index (χ4v) is 5.91. The molecule has 150 valence electrons. The molecule has 9 heteroatoms. The van der Waals surface area contributed by atoms with Gasteiger partial charge in [0.25, 0.3) is 0 Å². The van der Waals surface area contributed by atoms with Gasteiger partial charge in [-0.05, 0) is 43.7 Å². The summed E-state index contributed by atoms with van der Waals surface area (Å²) in [6.07, 6.45) is 4.82. The van der Waals surface area contributed by atoms with Crippen molar-refractivity contribution in [2.24, 2.45) is 13.0 Å². The van der Waals surface area contributed by atoms with Crippen LogP contribution in [0.2, 0.25) is 0 Å². The van der Waals surface area contributed by atoms with Gasteiger partial charge in [0, 0.05) is 25.0 Å². The van der Waals surface area contributed by atoms with E-state index in [0.29, 0.717) is 18.2 Å². The van der Waals surface area contributed by atoms with Crippen LogP contribution in [0, 0.1) is 5.92 Å². The third-order valence-corrected chi connectivity index (χ3v) is 7.92. The topological polar surface area (TPSA) is 80.1 Å². The molecule has 0 saturated carbocycles. The van der Waals surface area contributed by atoms with Crippen LogP contribution in [0.1, 0.15) is 37.1 Å². The van der Waals surface area contributed by atoms with E-state index in [0.717, 1.165) is 29.5 Å². The molecule has 1 fully saturated rings. The van der Waals surface area contributed by atoms with Crippen molar-refractivity contribution < 1.29 is 9.59 Å². The van der Waals surface area contributed by atoms with Crippen LogP contribution in [-0.2, 0) is 24.7 Å². The smallest absolute Gasteiger partial charge is 0.324 e. The number of thiophene rings is 1. The average Bonchev–Trinajstić information content (AvgIpc) is 3.39. The first-order valence-electron chi connectivity index (χ1n) is 9.75. The van der Waals surface area contributed by atoms with Crippen LogP contribution in [0.4, 0.5) is 4.79 Å². The number of carbonyl (C=O) groups excluding carboxylic acids is 2. The minimum atomic E-state index is -0.401. The standard InChI is InChI=1S/C19H25N5O2S2/c1-4-12-5-6-14-13(9-12)10-15(28-14)16-21-22-19(23(16)3)27-11(2)17(25)24-8-7-20-18(24)26/h10-12H,4-9H2,1-3H3,(H,20,26)/t11-,12-/m0/s1. The van der Waals surface area contributed by atoms with Crippen molar-refractivity contribution in [3.8, 4) is 10.7 Å². The molecule has 0 unspecified atom stereocenters. The van der Waals surface area contributed by atoms with Crippen LogP contribution in [0.15, 0.2) is 11.2 Å². The Hall–Kier alpha value is -1.87. The molecule has 1 aliphatic heterocycles. The maximum Gasteiger partial charge on any atom is 0.324 e. The van der Waals surface area contributed by atoms with Gasteiger partial charge in [0.05, 0.1) is 10.1 Å². The van der Waals surface area contributed by atoms with Crippen LogP contribution >= 0.6 is 23.1 Å². The lowest BCUT2D eigenvalue weighted by Gasteiger charge is -2.19. The van der Waals surface area contributed by atoms with Crippen molar-refractivity contribution in [1.29, 1.82) is 0 Å². The highest BCUT2D eigenvalue weighted by Gasteiger charge is 2.31. The monoisotopic (exact) mass is 419 g/mol. The number of urea groups is 1. The first-order chi connectivity index (χ1) is 13.5. The molecule has 1 aliphatic carbocycles. The van der Waals surface area contributed by atoms with Crippen molar-refractivity contribution in [2.75, 3.05) is 13.1 Å². The second-order valence-corrected chi connectivity index (χ2v) is 9.87. The summed E-state index contributed by atoms with van der Waals surface area (Å²) in [5, 5.41) is 11.6. The number of aromatic nitrogens is 3. The van der Waals surface area contributed by atoms with E-state index in [2.05, 4.69) is 28.5 Å². The number of nitrogens with one attached hydrogen (secondary N) is 1. The molecule has 1 N–H and O–H groups in total. The molecule has 3 amide bonds. The summed E-state index contributed by atoms with van der Waals surface area (Å²) in [5.41, 5.74) is 1.46. The Bertz CT molecular complexity index is 906. The molecule has 2 aromatic rings. The number of aryl methyl sites for hydroxylation is 1. The van der Waals surface area contributed by atoms with E-state index in [4.69, 9.17) is 0 Å². The van der Waals surface area contributed by atoms with Gasteiger partial charge < -0.3 is 9.88 Å². The summed E-state index contributed by atoms with van der Waals surface area (Å²) in [6, 6.07) is 1.95. The normalized spacial score (nSPS) is 20.2. The Morgan fingerprint density at radius 2 is 2.29 bits per heavy atom. The summed E-state index contributed by atoms with van der Waals surface area (Å²) in [7, 11) is 1.94. The van der Waals surface area contributed by atoms with Crippen molar-refractivity contribution in [1.82, 2.24) is 25.0 Å². The molecule has 3 heterocycles. The lowest BCUT2D eigenvalue weighted by Crippen LogP contribution is -2.39. The maximum atomic E-state index is 12.5. The van der Waals surface area contributed by atoms with Gasteiger partial charge in [0.15, 0.2) is 11.0 Å². The van der Waals surface area contributed by atoms with Gasteiger partial charge >= 0.3 is 6.03 Å². The van der Waals surface area contributed by atoms with Crippen molar-refractivity contribution in [3.05, 3.63) is 16.5 Å². The van der Waals surface area contributed by atoms with Crippen LogP contribution in [0.3, 0.4) is 0 Å². The molecule has 2 aromatic heterocycles. The molecule has 2 atom stereocenters. The molecule has 0 aromatic carbocycles. The fourth-order valence-electron chi connectivity index (χ4n) is 3.80. The Morgan fingerprint density at radius 1 is 1.46 bits per heavy atom. The quantitative estimate of drug-likeness (QED) is 0.754. The fraction of sp³-hybridized carbons (Fsp3) is 0.579. The summed E-state index contributed by atoms with van der Waals surface area (Å²) in [6.45, 7) is 5.01. The molecule has 2 aliphatic rings. The minimum absolute atomic E-state index is 0.193. The van der Waals surface area contributed by atoms with E-state index in [1.807, 2.05) is 29.9 Å². The molecule has 28 heavy (non-hydrogen) atoms. The average molecular weight is 420 g/mol. The van der Waals surface area contributed by atoms with E-state index < -0.39 is 5.25 Å². The zero-order valence-electron chi connectivity index (χ0n) is 16.4. The van der Waals surface area contributed by atoms with Crippen molar-refractivity contribution >= 4 is 35.0 Å². The predicted octanol–water partition coefficient (Wildman–Crippen LogP) is 3.09. The highest BCUT2D eigenvalue weighted by atomic mass is 32.2.